The fourth-order valence-electron chi connectivity index (χ4n) is 1.72. The molecule has 22 heavy (non-hydrogen) atoms. The molecule has 0 spiro atoms. The molecule has 0 unspecified atom stereocenters. The number of benzene rings is 2. The summed E-state index contributed by atoms with van der Waals surface area (Å²) in [4.78, 5) is 22.1. The number of amides is 1. The lowest BCUT2D eigenvalue weighted by molar-refractivity contribution is -0.384. The van der Waals surface area contributed by atoms with Crippen molar-refractivity contribution in [3.8, 4) is 0 Å². The van der Waals surface area contributed by atoms with E-state index < -0.39 is 10.8 Å². The Bertz CT molecular complexity index is 758. The number of hydrogen-bond donors (Lipinski definition) is 3. The Balaban J connectivity index is 2.16. The highest BCUT2D eigenvalue weighted by atomic mass is 16.6. The zero-order valence-corrected chi connectivity index (χ0v) is 11.4. The van der Waals surface area contributed by atoms with Crippen molar-refractivity contribution in [3.63, 3.8) is 0 Å². The molecule has 8 heteroatoms. The topological polar surface area (TPSA) is 137 Å². The number of nitrogens with one attached hydrogen (secondary N) is 1. The first-order valence-electron chi connectivity index (χ1n) is 6.22. The highest BCUT2D eigenvalue weighted by Gasteiger charge is 2.10. The van der Waals surface area contributed by atoms with Gasteiger partial charge in [0.25, 0.3) is 11.6 Å². The van der Waals surface area contributed by atoms with Crippen molar-refractivity contribution in [2.24, 2.45) is 10.8 Å². The standard InChI is InChI=1S/C14H13N5O3/c15-12-7-2-1-6-11(12)14(20)18-17-13(16)9-4-3-5-10(8-9)19(21)22/h1-8H,15H2,(H2,16,17)(H,18,20). The Kier molecular flexibility index (Phi) is 4.33. The molecule has 0 radical (unpaired) electrons. The van der Waals surface area contributed by atoms with Crippen LogP contribution in [0.3, 0.4) is 0 Å². The first-order valence-corrected chi connectivity index (χ1v) is 6.22. The normalized spacial score (nSPS) is 11.0. The number of carbonyl (C=O) groups excluding carboxylic acids is 1. The van der Waals surface area contributed by atoms with E-state index in [4.69, 9.17) is 11.5 Å². The van der Waals surface area contributed by atoms with Crippen molar-refractivity contribution >= 4 is 23.1 Å². The molecule has 2 aromatic carbocycles. The number of para-hydroxylation sites is 1. The van der Waals surface area contributed by atoms with Gasteiger partial charge in [0.1, 0.15) is 0 Å². The van der Waals surface area contributed by atoms with E-state index in [-0.39, 0.29) is 17.1 Å². The van der Waals surface area contributed by atoms with Crippen molar-refractivity contribution in [1.82, 2.24) is 5.43 Å². The maximum atomic E-state index is 11.9. The maximum absolute atomic E-state index is 11.9. The number of nitro benzene ring substituents is 1. The first-order chi connectivity index (χ1) is 10.5. The van der Waals surface area contributed by atoms with Crippen molar-refractivity contribution < 1.29 is 9.72 Å². The number of hydrogen-bond acceptors (Lipinski definition) is 5. The fourth-order valence-corrected chi connectivity index (χ4v) is 1.72. The molecular weight excluding hydrogens is 286 g/mol. The van der Waals surface area contributed by atoms with Crippen LogP contribution in [0.4, 0.5) is 11.4 Å². The number of amidine groups is 1. The Morgan fingerprint density at radius 3 is 2.59 bits per heavy atom. The molecule has 0 saturated carbocycles. The summed E-state index contributed by atoms with van der Waals surface area (Å²) in [5.41, 5.74) is 14.4. The number of nitrogens with zero attached hydrogens (tertiary/aromatic N) is 2. The zero-order valence-electron chi connectivity index (χ0n) is 11.4. The highest BCUT2D eigenvalue weighted by molar-refractivity contribution is 6.02. The first kappa shape index (κ1) is 15.0. The summed E-state index contributed by atoms with van der Waals surface area (Å²) in [5, 5.41) is 14.4. The van der Waals surface area contributed by atoms with E-state index in [0.29, 0.717) is 11.3 Å². The molecule has 112 valence electrons. The number of carbonyl (C=O) groups is 1. The van der Waals surface area contributed by atoms with Gasteiger partial charge >= 0.3 is 0 Å². The number of non-ortho nitro benzene ring substituents is 1. The Labute approximate surface area is 125 Å². The molecule has 0 bridgehead atoms. The minimum Gasteiger partial charge on any atom is -0.398 e. The van der Waals surface area contributed by atoms with Gasteiger partial charge in [0.05, 0.1) is 10.5 Å². The summed E-state index contributed by atoms with van der Waals surface area (Å²) in [6.45, 7) is 0. The summed E-state index contributed by atoms with van der Waals surface area (Å²) in [7, 11) is 0. The molecule has 0 fully saturated rings. The molecule has 0 aliphatic heterocycles. The van der Waals surface area contributed by atoms with E-state index in [1.165, 1.54) is 18.2 Å². The molecule has 5 N–H and O–H groups in total. The highest BCUT2D eigenvalue weighted by Crippen LogP contribution is 2.13. The third-order valence-electron chi connectivity index (χ3n) is 2.84. The molecule has 0 saturated heterocycles. The lowest BCUT2D eigenvalue weighted by Gasteiger charge is -2.05. The minimum absolute atomic E-state index is 0.0495. The summed E-state index contributed by atoms with van der Waals surface area (Å²) in [6.07, 6.45) is 0. The van der Waals surface area contributed by atoms with E-state index in [0.717, 1.165) is 0 Å². The molecule has 0 atom stereocenters. The second kappa shape index (κ2) is 6.35. The van der Waals surface area contributed by atoms with Gasteiger partial charge in [-0.05, 0) is 12.1 Å². The van der Waals surface area contributed by atoms with Crippen LogP contribution in [0.2, 0.25) is 0 Å². The van der Waals surface area contributed by atoms with E-state index in [1.54, 1.807) is 30.3 Å². The van der Waals surface area contributed by atoms with Gasteiger partial charge in [0, 0.05) is 23.4 Å². The molecule has 0 aliphatic carbocycles. The van der Waals surface area contributed by atoms with Gasteiger partial charge in [-0.1, -0.05) is 24.3 Å². The van der Waals surface area contributed by atoms with Gasteiger partial charge < -0.3 is 11.5 Å². The second-order valence-electron chi connectivity index (χ2n) is 4.33. The quantitative estimate of drug-likeness (QED) is 0.256. The maximum Gasteiger partial charge on any atom is 0.273 e. The van der Waals surface area contributed by atoms with E-state index in [2.05, 4.69) is 10.5 Å². The summed E-state index contributed by atoms with van der Waals surface area (Å²) in [5.74, 6) is -0.571. The van der Waals surface area contributed by atoms with Crippen LogP contribution in [0.5, 0.6) is 0 Å². The Morgan fingerprint density at radius 2 is 1.91 bits per heavy atom. The molecule has 1 amide bonds. The molecule has 8 nitrogen and oxygen atoms in total. The monoisotopic (exact) mass is 299 g/mol. The largest absolute Gasteiger partial charge is 0.398 e. The Morgan fingerprint density at radius 1 is 1.18 bits per heavy atom. The molecule has 0 aliphatic rings. The molecule has 2 aromatic rings. The third kappa shape index (κ3) is 3.37. The number of hydrazone groups is 1. The van der Waals surface area contributed by atoms with Crippen LogP contribution in [0, 0.1) is 10.1 Å². The number of nitro groups is 1. The molecule has 0 heterocycles. The lowest BCUT2D eigenvalue weighted by Crippen LogP contribution is -2.24. The van der Waals surface area contributed by atoms with E-state index in [9.17, 15) is 14.9 Å². The lowest BCUT2D eigenvalue weighted by atomic mass is 10.2. The molecule has 2 rings (SSSR count). The Hall–Kier alpha value is -3.42. The van der Waals surface area contributed by atoms with Gasteiger partial charge in [-0.2, -0.15) is 5.10 Å². The number of nitrogen functional groups attached to an aromatic ring is 1. The average Bonchev–Trinajstić information content (AvgIpc) is 2.52. The van der Waals surface area contributed by atoms with Crippen molar-refractivity contribution in [2.45, 2.75) is 0 Å². The second-order valence-corrected chi connectivity index (χ2v) is 4.33. The predicted molar refractivity (Wildman–Crippen MR) is 82.1 cm³/mol. The summed E-state index contributed by atoms with van der Waals surface area (Å²) >= 11 is 0. The van der Waals surface area contributed by atoms with Crippen LogP contribution < -0.4 is 16.9 Å². The SMILES string of the molecule is N/C(=N\NC(=O)c1ccccc1N)c1cccc([N+](=O)[O-])c1. The van der Waals surface area contributed by atoms with Crippen LogP contribution in [-0.4, -0.2) is 16.7 Å². The van der Waals surface area contributed by atoms with Crippen LogP contribution in [0.15, 0.2) is 53.6 Å². The van der Waals surface area contributed by atoms with Crippen molar-refractivity contribution in [3.05, 3.63) is 69.8 Å². The van der Waals surface area contributed by atoms with Crippen molar-refractivity contribution in [1.29, 1.82) is 0 Å². The van der Waals surface area contributed by atoms with Crippen LogP contribution in [0.25, 0.3) is 0 Å². The fraction of sp³-hybridized carbons (Fsp3) is 0. The van der Waals surface area contributed by atoms with Crippen molar-refractivity contribution in [2.75, 3.05) is 5.73 Å². The summed E-state index contributed by atoms with van der Waals surface area (Å²) < 4.78 is 0. The van der Waals surface area contributed by atoms with Gasteiger partial charge in [0.2, 0.25) is 0 Å². The van der Waals surface area contributed by atoms with Gasteiger partial charge in [-0.15, -0.1) is 0 Å². The summed E-state index contributed by atoms with van der Waals surface area (Å²) in [6, 6.07) is 12.1. The van der Waals surface area contributed by atoms with E-state index in [1.807, 2.05) is 0 Å². The predicted octanol–water partition coefficient (Wildman–Crippen LogP) is 1.23. The number of anilines is 1. The van der Waals surface area contributed by atoms with Gasteiger partial charge in [0.15, 0.2) is 5.84 Å². The van der Waals surface area contributed by atoms with Gasteiger partial charge in [-0.3, -0.25) is 14.9 Å². The van der Waals surface area contributed by atoms with Crippen LogP contribution >= 0.6 is 0 Å². The smallest absolute Gasteiger partial charge is 0.273 e. The third-order valence-corrected chi connectivity index (χ3v) is 2.84. The minimum atomic E-state index is -0.542. The molecule has 0 aromatic heterocycles. The van der Waals surface area contributed by atoms with Crippen LogP contribution in [0.1, 0.15) is 15.9 Å². The average molecular weight is 299 g/mol. The molecular formula is C14H13N5O3. The van der Waals surface area contributed by atoms with Gasteiger partial charge in [-0.25, -0.2) is 5.43 Å². The zero-order chi connectivity index (χ0) is 16.1. The van der Waals surface area contributed by atoms with Crippen LogP contribution in [-0.2, 0) is 0 Å². The van der Waals surface area contributed by atoms with E-state index >= 15 is 0 Å². The number of rotatable bonds is 4. The number of nitrogens with two attached hydrogens (primary N) is 2.